The molecule has 1 N–H and O–H groups in total. The molecule has 0 atom stereocenters. The average molecular weight is 197 g/mol. The van der Waals surface area contributed by atoms with Gasteiger partial charge in [-0.15, -0.1) is 0 Å². The normalized spacial score (nSPS) is 37.5. The van der Waals surface area contributed by atoms with Crippen LogP contribution in [-0.4, -0.2) is 22.5 Å². The summed E-state index contributed by atoms with van der Waals surface area (Å²) in [6.45, 7) is 3.81. The third kappa shape index (κ3) is 1.78. The molecule has 0 amide bonds. The lowest BCUT2D eigenvalue weighted by Gasteiger charge is -2.39. The van der Waals surface area contributed by atoms with Crippen LogP contribution in [-0.2, 0) is 4.84 Å². The summed E-state index contributed by atoms with van der Waals surface area (Å²) in [7, 11) is 0. The Kier molecular flexibility index (Phi) is 2.30. The van der Waals surface area contributed by atoms with E-state index < -0.39 is 5.60 Å². The lowest BCUT2D eigenvalue weighted by Crippen LogP contribution is -2.40. The van der Waals surface area contributed by atoms with Gasteiger partial charge >= 0.3 is 0 Å². The fourth-order valence-electron chi connectivity index (χ4n) is 2.54. The Hall–Kier alpha value is -0.570. The minimum Gasteiger partial charge on any atom is -0.390 e. The third-order valence-electron chi connectivity index (χ3n) is 3.68. The fraction of sp³-hybridized carbons (Fsp3) is 0.909. The average Bonchev–Trinajstić information content (AvgIpc) is 2.53. The molecule has 1 heterocycles. The molecular weight excluding hydrogens is 178 g/mol. The van der Waals surface area contributed by atoms with E-state index in [0.717, 1.165) is 32.1 Å². The highest BCUT2D eigenvalue weighted by atomic mass is 16.7. The molecule has 0 aromatic carbocycles. The largest absolute Gasteiger partial charge is 0.390 e. The first-order chi connectivity index (χ1) is 6.52. The van der Waals surface area contributed by atoms with Crippen LogP contribution < -0.4 is 0 Å². The standard InChI is InChI=1S/C11H19NO2/c1-10(2,13)9-3-5-11(6-4-9)7-8-12-14-11/h8-9,13H,3-7H2,1-2H3. The van der Waals surface area contributed by atoms with Crippen LogP contribution in [0, 0.1) is 5.92 Å². The summed E-state index contributed by atoms with van der Waals surface area (Å²) < 4.78 is 0. The Morgan fingerprint density at radius 2 is 2.07 bits per heavy atom. The molecule has 3 heteroatoms. The number of nitrogens with zero attached hydrogens (tertiary/aromatic N) is 1. The van der Waals surface area contributed by atoms with Crippen LogP contribution in [0.25, 0.3) is 0 Å². The van der Waals surface area contributed by atoms with Crippen molar-refractivity contribution in [3.63, 3.8) is 0 Å². The first-order valence-corrected chi connectivity index (χ1v) is 5.44. The first kappa shape index (κ1) is 9.97. The molecule has 80 valence electrons. The molecule has 1 spiro atoms. The van der Waals surface area contributed by atoms with Gasteiger partial charge in [-0.05, 0) is 45.4 Å². The van der Waals surface area contributed by atoms with Crippen molar-refractivity contribution in [1.29, 1.82) is 0 Å². The second kappa shape index (κ2) is 3.23. The molecule has 1 aliphatic carbocycles. The summed E-state index contributed by atoms with van der Waals surface area (Å²) in [4.78, 5) is 5.43. The third-order valence-corrected chi connectivity index (χ3v) is 3.68. The smallest absolute Gasteiger partial charge is 0.142 e. The van der Waals surface area contributed by atoms with E-state index in [1.54, 1.807) is 0 Å². The Morgan fingerprint density at radius 1 is 1.43 bits per heavy atom. The molecule has 2 aliphatic rings. The Bertz CT molecular complexity index is 224. The molecule has 0 aromatic heterocycles. The SMILES string of the molecule is CC(C)(O)C1CCC2(CC=NO2)CC1. The number of oxime groups is 1. The number of hydrogen-bond acceptors (Lipinski definition) is 3. The molecule has 0 aromatic rings. The first-order valence-electron chi connectivity index (χ1n) is 5.44. The zero-order valence-electron chi connectivity index (χ0n) is 8.99. The summed E-state index contributed by atoms with van der Waals surface area (Å²) >= 11 is 0. The zero-order chi connectivity index (χ0) is 10.2. The quantitative estimate of drug-likeness (QED) is 0.699. The highest BCUT2D eigenvalue weighted by Gasteiger charge is 2.42. The molecule has 1 aliphatic heterocycles. The van der Waals surface area contributed by atoms with Crippen molar-refractivity contribution < 1.29 is 9.94 Å². The molecule has 1 saturated carbocycles. The molecule has 14 heavy (non-hydrogen) atoms. The topological polar surface area (TPSA) is 41.8 Å². The van der Waals surface area contributed by atoms with Gasteiger partial charge in [0.2, 0.25) is 0 Å². The monoisotopic (exact) mass is 197 g/mol. The zero-order valence-corrected chi connectivity index (χ0v) is 8.99. The van der Waals surface area contributed by atoms with Crippen LogP contribution in [0.1, 0.15) is 46.0 Å². The maximum absolute atomic E-state index is 9.90. The van der Waals surface area contributed by atoms with Crippen molar-refractivity contribution in [3.05, 3.63) is 0 Å². The van der Waals surface area contributed by atoms with E-state index >= 15 is 0 Å². The van der Waals surface area contributed by atoms with E-state index in [0.29, 0.717) is 5.92 Å². The van der Waals surface area contributed by atoms with Crippen molar-refractivity contribution in [1.82, 2.24) is 0 Å². The lowest BCUT2D eigenvalue weighted by molar-refractivity contribution is -0.0833. The van der Waals surface area contributed by atoms with Crippen molar-refractivity contribution in [2.24, 2.45) is 11.1 Å². The summed E-state index contributed by atoms with van der Waals surface area (Å²) in [6, 6.07) is 0. The van der Waals surface area contributed by atoms with Crippen LogP contribution in [0.5, 0.6) is 0 Å². The molecule has 0 radical (unpaired) electrons. The summed E-state index contributed by atoms with van der Waals surface area (Å²) in [5, 5.41) is 13.8. The number of aliphatic hydroxyl groups is 1. The van der Waals surface area contributed by atoms with Crippen molar-refractivity contribution >= 4 is 6.21 Å². The molecule has 2 rings (SSSR count). The summed E-state index contributed by atoms with van der Waals surface area (Å²) in [5.74, 6) is 0.414. The van der Waals surface area contributed by atoms with E-state index in [2.05, 4.69) is 5.16 Å². The highest BCUT2D eigenvalue weighted by molar-refractivity contribution is 5.59. The molecule has 0 saturated heterocycles. The minimum absolute atomic E-state index is 0.0122. The number of hydrogen-bond donors (Lipinski definition) is 1. The van der Waals surface area contributed by atoms with E-state index in [1.165, 1.54) is 0 Å². The minimum atomic E-state index is -0.541. The van der Waals surface area contributed by atoms with Gasteiger partial charge in [-0.3, -0.25) is 0 Å². The maximum Gasteiger partial charge on any atom is 0.142 e. The van der Waals surface area contributed by atoms with Crippen LogP contribution >= 0.6 is 0 Å². The van der Waals surface area contributed by atoms with E-state index in [-0.39, 0.29) is 5.60 Å². The van der Waals surface area contributed by atoms with Gasteiger partial charge in [0.05, 0.1) is 5.60 Å². The summed E-state index contributed by atoms with van der Waals surface area (Å²) in [6.07, 6.45) is 6.97. The van der Waals surface area contributed by atoms with E-state index in [9.17, 15) is 5.11 Å². The maximum atomic E-state index is 9.90. The van der Waals surface area contributed by atoms with E-state index in [1.807, 2.05) is 20.1 Å². The second-order valence-electron chi connectivity index (χ2n) is 5.19. The van der Waals surface area contributed by atoms with Crippen LogP contribution in [0.4, 0.5) is 0 Å². The predicted octanol–water partition coefficient (Wildman–Crippen LogP) is 2.09. The Labute approximate surface area is 85.1 Å². The van der Waals surface area contributed by atoms with Crippen LogP contribution in [0.2, 0.25) is 0 Å². The molecule has 0 bridgehead atoms. The van der Waals surface area contributed by atoms with Gasteiger partial charge in [-0.1, -0.05) is 5.16 Å². The van der Waals surface area contributed by atoms with Crippen molar-refractivity contribution in [3.8, 4) is 0 Å². The second-order valence-corrected chi connectivity index (χ2v) is 5.19. The van der Waals surface area contributed by atoms with Gasteiger partial charge in [-0.2, -0.15) is 0 Å². The lowest BCUT2D eigenvalue weighted by atomic mass is 9.72. The van der Waals surface area contributed by atoms with Crippen LogP contribution in [0.3, 0.4) is 0 Å². The van der Waals surface area contributed by atoms with Gasteiger partial charge in [0, 0.05) is 12.6 Å². The van der Waals surface area contributed by atoms with Gasteiger partial charge in [0.25, 0.3) is 0 Å². The highest BCUT2D eigenvalue weighted by Crippen LogP contribution is 2.42. The Morgan fingerprint density at radius 3 is 2.50 bits per heavy atom. The van der Waals surface area contributed by atoms with Gasteiger partial charge in [-0.25, -0.2) is 0 Å². The van der Waals surface area contributed by atoms with Gasteiger partial charge in [0.15, 0.2) is 0 Å². The predicted molar refractivity (Wildman–Crippen MR) is 55.2 cm³/mol. The van der Waals surface area contributed by atoms with Crippen molar-refractivity contribution in [2.75, 3.05) is 0 Å². The van der Waals surface area contributed by atoms with Gasteiger partial charge < -0.3 is 9.94 Å². The fourth-order valence-corrected chi connectivity index (χ4v) is 2.54. The molecular formula is C11H19NO2. The summed E-state index contributed by atoms with van der Waals surface area (Å²) in [5.41, 5.74) is -0.553. The molecule has 0 unspecified atom stereocenters. The Balaban J connectivity index is 1.92. The number of rotatable bonds is 1. The van der Waals surface area contributed by atoms with Crippen LogP contribution in [0.15, 0.2) is 5.16 Å². The van der Waals surface area contributed by atoms with Gasteiger partial charge in [0.1, 0.15) is 5.60 Å². The van der Waals surface area contributed by atoms with Crippen molar-refractivity contribution in [2.45, 2.75) is 57.2 Å². The van der Waals surface area contributed by atoms with E-state index in [4.69, 9.17) is 4.84 Å². The molecule has 1 fully saturated rings. The molecule has 3 nitrogen and oxygen atoms in total.